The standard InChI is InChI=1S/C11H13BrFNO/c1-2-14-7-10(15)6-8-5-9(12)3-4-11(8)13/h3-5,14H,2,6-7H2,1H3. The lowest BCUT2D eigenvalue weighted by Gasteiger charge is -2.04. The van der Waals surface area contributed by atoms with E-state index in [2.05, 4.69) is 21.2 Å². The van der Waals surface area contributed by atoms with Gasteiger partial charge in [-0.3, -0.25) is 4.79 Å². The molecule has 1 rings (SSSR count). The van der Waals surface area contributed by atoms with E-state index in [-0.39, 0.29) is 18.0 Å². The molecule has 0 fully saturated rings. The van der Waals surface area contributed by atoms with Gasteiger partial charge in [-0.2, -0.15) is 0 Å². The molecule has 0 aliphatic heterocycles. The van der Waals surface area contributed by atoms with Crippen LogP contribution in [0.4, 0.5) is 4.39 Å². The first kappa shape index (κ1) is 12.3. The van der Waals surface area contributed by atoms with Crippen molar-refractivity contribution in [1.29, 1.82) is 0 Å². The number of nitrogens with one attached hydrogen (secondary N) is 1. The zero-order chi connectivity index (χ0) is 11.3. The zero-order valence-electron chi connectivity index (χ0n) is 8.52. The van der Waals surface area contributed by atoms with Gasteiger partial charge < -0.3 is 5.32 Å². The van der Waals surface area contributed by atoms with Gasteiger partial charge in [0.15, 0.2) is 5.78 Å². The normalized spacial score (nSPS) is 10.3. The molecule has 0 heterocycles. The van der Waals surface area contributed by atoms with Crippen LogP contribution in [0.2, 0.25) is 0 Å². The first-order valence-corrected chi connectivity index (χ1v) is 5.59. The van der Waals surface area contributed by atoms with E-state index in [1.807, 2.05) is 6.92 Å². The largest absolute Gasteiger partial charge is 0.310 e. The Labute approximate surface area is 97.0 Å². The van der Waals surface area contributed by atoms with Crippen molar-refractivity contribution in [3.8, 4) is 0 Å². The van der Waals surface area contributed by atoms with Crippen molar-refractivity contribution in [2.45, 2.75) is 13.3 Å². The average Bonchev–Trinajstić information content (AvgIpc) is 2.20. The Hall–Kier alpha value is -0.740. The summed E-state index contributed by atoms with van der Waals surface area (Å²) in [5.74, 6) is -0.336. The summed E-state index contributed by atoms with van der Waals surface area (Å²) in [7, 11) is 0. The molecule has 0 aliphatic rings. The fraction of sp³-hybridized carbons (Fsp3) is 0.364. The predicted molar refractivity (Wildman–Crippen MR) is 61.4 cm³/mol. The highest BCUT2D eigenvalue weighted by Crippen LogP contribution is 2.16. The van der Waals surface area contributed by atoms with Gasteiger partial charge in [0, 0.05) is 10.9 Å². The van der Waals surface area contributed by atoms with Gasteiger partial charge in [-0.25, -0.2) is 4.39 Å². The molecule has 0 amide bonds. The molecule has 1 N–H and O–H groups in total. The van der Waals surface area contributed by atoms with Gasteiger partial charge >= 0.3 is 0 Å². The molecule has 4 heteroatoms. The average molecular weight is 274 g/mol. The fourth-order valence-corrected chi connectivity index (χ4v) is 1.63. The molecular formula is C11H13BrFNO. The van der Waals surface area contributed by atoms with Gasteiger partial charge in [-0.05, 0) is 30.3 Å². The van der Waals surface area contributed by atoms with E-state index in [0.29, 0.717) is 12.1 Å². The molecule has 0 bridgehead atoms. The Morgan fingerprint density at radius 1 is 1.53 bits per heavy atom. The van der Waals surface area contributed by atoms with Gasteiger partial charge in [-0.15, -0.1) is 0 Å². The van der Waals surface area contributed by atoms with Crippen LogP contribution in [0.5, 0.6) is 0 Å². The second-order valence-electron chi connectivity index (χ2n) is 3.23. The molecule has 0 saturated carbocycles. The highest BCUT2D eigenvalue weighted by Gasteiger charge is 2.08. The van der Waals surface area contributed by atoms with Gasteiger partial charge in [0.05, 0.1) is 6.54 Å². The van der Waals surface area contributed by atoms with E-state index >= 15 is 0 Å². The number of Topliss-reactive ketones (excluding diaryl/α,β-unsaturated/α-hetero) is 1. The second kappa shape index (κ2) is 5.98. The fourth-order valence-electron chi connectivity index (χ4n) is 1.22. The molecule has 0 radical (unpaired) electrons. The molecule has 2 nitrogen and oxygen atoms in total. The number of benzene rings is 1. The molecule has 0 aliphatic carbocycles. The molecule has 15 heavy (non-hydrogen) atoms. The van der Waals surface area contributed by atoms with Crippen LogP contribution in [0.3, 0.4) is 0 Å². The minimum atomic E-state index is -0.331. The third-order valence-electron chi connectivity index (χ3n) is 1.97. The number of ketones is 1. The van der Waals surface area contributed by atoms with Gasteiger partial charge in [0.1, 0.15) is 5.82 Å². The first-order valence-electron chi connectivity index (χ1n) is 4.79. The summed E-state index contributed by atoms with van der Waals surface area (Å²) in [4.78, 5) is 11.4. The van der Waals surface area contributed by atoms with Crippen molar-refractivity contribution < 1.29 is 9.18 Å². The Bertz CT molecular complexity index is 354. The van der Waals surface area contributed by atoms with Crippen LogP contribution in [0, 0.1) is 5.82 Å². The van der Waals surface area contributed by atoms with E-state index in [9.17, 15) is 9.18 Å². The minimum Gasteiger partial charge on any atom is -0.310 e. The van der Waals surface area contributed by atoms with Crippen molar-refractivity contribution in [1.82, 2.24) is 5.32 Å². The summed E-state index contributed by atoms with van der Waals surface area (Å²) < 4.78 is 14.0. The van der Waals surface area contributed by atoms with Gasteiger partial charge in [0.25, 0.3) is 0 Å². The van der Waals surface area contributed by atoms with Crippen LogP contribution in [0.25, 0.3) is 0 Å². The highest BCUT2D eigenvalue weighted by molar-refractivity contribution is 9.10. The quantitative estimate of drug-likeness (QED) is 0.892. The van der Waals surface area contributed by atoms with E-state index < -0.39 is 0 Å². The molecule has 0 aromatic heterocycles. The van der Waals surface area contributed by atoms with Crippen molar-refractivity contribution in [2.75, 3.05) is 13.1 Å². The maximum Gasteiger partial charge on any atom is 0.151 e. The molecule has 1 aromatic carbocycles. The smallest absolute Gasteiger partial charge is 0.151 e. The van der Waals surface area contributed by atoms with Crippen molar-refractivity contribution in [2.24, 2.45) is 0 Å². The SMILES string of the molecule is CCNCC(=O)Cc1cc(Br)ccc1F. The van der Waals surface area contributed by atoms with E-state index in [4.69, 9.17) is 0 Å². The summed E-state index contributed by atoms with van der Waals surface area (Å²) in [6.07, 6.45) is 0.137. The van der Waals surface area contributed by atoms with Crippen molar-refractivity contribution in [3.05, 3.63) is 34.1 Å². The lowest BCUT2D eigenvalue weighted by Crippen LogP contribution is -2.24. The van der Waals surface area contributed by atoms with Crippen LogP contribution in [-0.2, 0) is 11.2 Å². The Morgan fingerprint density at radius 2 is 2.27 bits per heavy atom. The third-order valence-corrected chi connectivity index (χ3v) is 2.46. The van der Waals surface area contributed by atoms with Crippen LogP contribution in [0.1, 0.15) is 12.5 Å². The number of halogens is 2. The summed E-state index contributed by atoms with van der Waals surface area (Å²) in [6.45, 7) is 2.96. The third kappa shape index (κ3) is 4.10. The maximum absolute atomic E-state index is 13.3. The number of carbonyl (C=O) groups excluding carboxylic acids is 1. The minimum absolute atomic E-state index is 0.00569. The van der Waals surface area contributed by atoms with Gasteiger partial charge in [-0.1, -0.05) is 22.9 Å². The monoisotopic (exact) mass is 273 g/mol. The molecule has 0 atom stereocenters. The number of hydrogen-bond donors (Lipinski definition) is 1. The predicted octanol–water partition coefficient (Wildman–Crippen LogP) is 2.31. The lowest BCUT2D eigenvalue weighted by atomic mass is 10.1. The van der Waals surface area contributed by atoms with Crippen LogP contribution in [-0.4, -0.2) is 18.9 Å². The molecule has 1 aromatic rings. The summed E-state index contributed by atoms with van der Waals surface area (Å²) in [5, 5.41) is 2.92. The maximum atomic E-state index is 13.3. The van der Waals surface area contributed by atoms with Crippen molar-refractivity contribution in [3.63, 3.8) is 0 Å². The Balaban J connectivity index is 2.63. The molecule has 82 valence electrons. The van der Waals surface area contributed by atoms with Crippen LogP contribution >= 0.6 is 15.9 Å². The number of carbonyl (C=O) groups is 1. The van der Waals surface area contributed by atoms with Crippen molar-refractivity contribution >= 4 is 21.7 Å². The van der Waals surface area contributed by atoms with E-state index in [1.54, 1.807) is 12.1 Å². The summed E-state index contributed by atoms with van der Waals surface area (Å²) >= 11 is 3.25. The topological polar surface area (TPSA) is 29.1 Å². The lowest BCUT2D eigenvalue weighted by molar-refractivity contribution is -0.117. The van der Waals surface area contributed by atoms with E-state index in [1.165, 1.54) is 6.07 Å². The number of hydrogen-bond acceptors (Lipinski definition) is 2. The summed E-state index contributed by atoms with van der Waals surface area (Å²) in [6, 6.07) is 4.62. The van der Waals surface area contributed by atoms with E-state index in [0.717, 1.165) is 11.0 Å². The van der Waals surface area contributed by atoms with Gasteiger partial charge in [0.2, 0.25) is 0 Å². The Kier molecular flexibility index (Phi) is 4.91. The number of rotatable bonds is 5. The zero-order valence-corrected chi connectivity index (χ0v) is 10.1. The van der Waals surface area contributed by atoms with Crippen LogP contribution in [0.15, 0.2) is 22.7 Å². The summed E-state index contributed by atoms with van der Waals surface area (Å²) in [5.41, 5.74) is 0.437. The van der Waals surface area contributed by atoms with Crippen LogP contribution < -0.4 is 5.32 Å². The Morgan fingerprint density at radius 3 is 2.93 bits per heavy atom. The highest BCUT2D eigenvalue weighted by atomic mass is 79.9. The molecule has 0 spiro atoms. The number of likely N-dealkylation sites (N-methyl/N-ethyl adjacent to an activating group) is 1. The molecular weight excluding hydrogens is 261 g/mol. The first-order chi connectivity index (χ1) is 7.13. The second-order valence-corrected chi connectivity index (χ2v) is 4.15. The molecule has 0 saturated heterocycles. The molecule has 0 unspecified atom stereocenters.